The molecule has 0 N–H and O–H groups in total. The number of benzene rings is 1. The van der Waals surface area contributed by atoms with Gasteiger partial charge in [0.2, 0.25) is 5.91 Å². The monoisotopic (exact) mass is 451 g/mol. The molecule has 0 aromatic heterocycles. The number of piperidine rings is 1. The molecule has 0 atom stereocenters. The molecule has 1 fully saturated rings. The van der Waals surface area contributed by atoms with Crippen LogP contribution in [0.1, 0.15) is 75.6 Å². The molecule has 0 bridgehead atoms. The van der Waals surface area contributed by atoms with Gasteiger partial charge in [-0.15, -0.1) is 5.92 Å². The van der Waals surface area contributed by atoms with Gasteiger partial charge in [-0.2, -0.15) is 0 Å². The molecule has 1 amide bonds. The van der Waals surface area contributed by atoms with Gasteiger partial charge in [0.15, 0.2) is 5.78 Å². The summed E-state index contributed by atoms with van der Waals surface area (Å²) in [6, 6.07) is 3.91. The van der Waals surface area contributed by atoms with Gasteiger partial charge in [-0.05, 0) is 81.7 Å². The Morgan fingerprint density at radius 3 is 2.21 bits per heavy atom. The van der Waals surface area contributed by atoms with E-state index < -0.39 is 6.16 Å². The van der Waals surface area contributed by atoms with Gasteiger partial charge in [-0.25, -0.2) is 4.79 Å². The number of hydrogen-bond donors (Lipinski definition) is 0. The van der Waals surface area contributed by atoms with Gasteiger partial charge in [0, 0.05) is 38.4 Å². The Labute approximate surface area is 196 Å². The molecule has 176 valence electrons. The SMILES string of the molecule is CC#Cc1cc(C)c(C2=C(OC(=O)OC(C)C)CC3(CCN(C(C)=O)CC3)CC2=O)c(C)c1. The van der Waals surface area contributed by atoms with Crippen LogP contribution in [-0.2, 0) is 19.1 Å². The van der Waals surface area contributed by atoms with E-state index >= 15 is 0 Å². The third-order valence-electron chi connectivity index (χ3n) is 6.49. The van der Waals surface area contributed by atoms with Crippen LogP contribution in [0.4, 0.5) is 4.79 Å². The van der Waals surface area contributed by atoms with E-state index in [0.29, 0.717) is 50.1 Å². The largest absolute Gasteiger partial charge is 0.513 e. The topological polar surface area (TPSA) is 72.9 Å². The molecule has 1 saturated heterocycles. The molecule has 33 heavy (non-hydrogen) atoms. The van der Waals surface area contributed by atoms with Crippen LogP contribution in [-0.4, -0.2) is 41.9 Å². The quantitative estimate of drug-likeness (QED) is 0.481. The lowest BCUT2D eigenvalue weighted by molar-refractivity contribution is -0.131. The zero-order valence-electron chi connectivity index (χ0n) is 20.5. The third kappa shape index (κ3) is 5.47. The minimum absolute atomic E-state index is 0.0367. The van der Waals surface area contributed by atoms with Crippen LogP contribution in [0.15, 0.2) is 17.9 Å². The second kappa shape index (κ2) is 9.82. The van der Waals surface area contributed by atoms with Gasteiger partial charge >= 0.3 is 6.16 Å². The smallest absolute Gasteiger partial charge is 0.431 e. The lowest BCUT2D eigenvalue weighted by Gasteiger charge is -2.44. The number of ketones is 1. The van der Waals surface area contributed by atoms with Gasteiger partial charge in [0.1, 0.15) is 5.76 Å². The maximum atomic E-state index is 13.6. The van der Waals surface area contributed by atoms with Gasteiger partial charge < -0.3 is 14.4 Å². The van der Waals surface area contributed by atoms with Gasteiger partial charge in [0.05, 0.1) is 11.7 Å². The average Bonchev–Trinajstić information content (AvgIpc) is 2.69. The van der Waals surface area contributed by atoms with Crippen molar-refractivity contribution in [2.45, 2.75) is 73.3 Å². The first-order valence-electron chi connectivity index (χ1n) is 11.5. The molecule has 0 saturated carbocycles. The predicted octanol–water partition coefficient (Wildman–Crippen LogP) is 4.94. The molecular formula is C27H33NO5. The predicted molar refractivity (Wildman–Crippen MR) is 126 cm³/mol. The van der Waals surface area contributed by atoms with Crippen molar-refractivity contribution in [3.05, 3.63) is 40.1 Å². The summed E-state index contributed by atoms with van der Waals surface area (Å²) in [7, 11) is 0. The Hall–Kier alpha value is -3.07. The van der Waals surface area contributed by atoms with E-state index in [4.69, 9.17) is 9.47 Å². The number of carbonyl (C=O) groups is 3. The highest BCUT2D eigenvalue weighted by Gasteiger charge is 2.44. The van der Waals surface area contributed by atoms with Crippen molar-refractivity contribution in [1.29, 1.82) is 0 Å². The van der Waals surface area contributed by atoms with Crippen LogP contribution in [0, 0.1) is 31.1 Å². The van der Waals surface area contributed by atoms with Crippen LogP contribution in [0.3, 0.4) is 0 Å². The number of hydrogen-bond acceptors (Lipinski definition) is 5. The Bertz CT molecular complexity index is 1040. The maximum absolute atomic E-state index is 13.6. The Balaban J connectivity index is 2.06. The van der Waals surface area contributed by atoms with E-state index in [2.05, 4.69) is 11.8 Å². The lowest BCUT2D eigenvalue weighted by atomic mass is 9.66. The average molecular weight is 452 g/mol. The maximum Gasteiger partial charge on any atom is 0.513 e. The molecule has 1 aromatic rings. The highest BCUT2D eigenvalue weighted by molar-refractivity contribution is 6.23. The number of Topliss-reactive ketones (excluding diaryl/α,β-unsaturated/α-hetero) is 1. The van der Waals surface area contributed by atoms with Crippen LogP contribution < -0.4 is 0 Å². The molecule has 1 aromatic carbocycles. The van der Waals surface area contributed by atoms with Gasteiger partial charge in [-0.3, -0.25) is 9.59 Å². The van der Waals surface area contributed by atoms with Crippen molar-refractivity contribution in [2.24, 2.45) is 5.41 Å². The fraction of sp³-hybridized carbons (Fsp3) is 0.519. The molecule has 1 spiro atoms. The van der Waals surface area contributed by atoms with Crippen molar-refractivity contribution in [2.75, 3.05) is 13.1 Å². The first-order valence-corrected chi connectivity index (χ1v) is 11.5. The number of likely N-dealkylation sites (tertiary alicyclic amines) is 1. The Morgan fingerprint density at radius 2 is 1.70 bits per heavy atom. The zero-order valence-corrected chi connectivity index (χ0v) is 20.5. The van der Waals surface area contributed by atoms with E-state index in [9.17, 15) is 14.4 Å². The number of ether oxygens (including phenoxy) is 2. The number of rotatable bonds is 3. The number of allylic oxidation sites excluding steroid dienone is 2. The van der Waals surface area contributed by atoms with Crippen molar-refractivity contribution in [1.82, 2.24) is 4.90 Å². The van der Waals surface area contributed by atoms with Crippen LogP contribution in [0.2, 0.25) is 0 Å². The van der Waals surface area contributed by atoms with Crippen LogP contribution >= 0.6 is 0 Å². The molecule has 2 aliphatic rings. The van der Waals surface area contributed by atoms with Crippen molar-refractivity contribution in [3.8, 4) is 11.8 Å². The molecule has 0 unspecified atom stereocenters. The second-order valence-electron chi connectivity index (χ2n) is 9.46. The summed E-state index contributed by atoms with van der Waals surface area (Å²) in [5.41, 5.74) is 3.64. The summed E-state index contributed by atoms with van der Waals surface area (Å²) >= 11 is 0. The molecule has 0 radical (unpaired) electrons. The minimum Gasteiger partial charge on any atom is -0.431 e. The molecule has 1 heterocycles. The summed E-state index contributed by atoms with van der Waals surface area (Å²) in [6.45, 7) is 12.0. The second-order valence-corrected chi connectivity index (χ2v) is 9.46. The van der Waals surface area contributed by atoms with E-state index in [0.717, 1.165) is 22.3 Å². The first kappa shape index (κ1) is 24.6. The van der Waals surface area contributed by atoms with Gasteiger partial charge in [0.25, 0.3) is 0 Å². The number of carbonyl (C=O) groups excluding carboxylic acids is 3. The molecular weight excluding hydrogens is 418 g/mol. The summed E-state index contributed by atoms with van der Waals surface area (Å²) in [4.78, 5) is 39.7. The van der Waals surface area contributed by atoms with E-state index in [-0.39, 0.29) is 23.2 Å². The van der Waals surface area contributed by atoms with Crippen molar-refractivity contribution >= 4 is 23.4 Å². The summed E-state index contributed by atoms with van der Waals surface area (Å²) in [5.74, 6) is 6.35. The first-order chi connectivity index (χ1) is 15.5. The number of aryl methyl sites for hydroxylation is 2. The summed E-state index contributed by atoms with van der Waals surface area (Å²) in [6.07, 6.45) is 1.09. The van der Waals surface area contributed by atoms with E-state index in [1.165, 1.54) is 0 Å². The van der Waals surface area contributed by atoms with E-state index in [1.807, 2.05) is 30.9 Å². The summed E-state index contributed by atoms with van der Waals surface area (Å²) in [5, 5.41) is 0. The highest BCUT2D eigenvalue weighted by Crippen LogP contribution is 2.48. The normalized spacial score (nSPS) is 17.7. The molecule has 6 nitrogen and oxygen atoms in total. The molecule has 6 heteroatoms. The standard InChI is InChI=1S/C27H33NO5/c1-7-8-21-13-18(4)24(19(5)14-21)25-22(30)15-27(9-11-28(12-10-27)20(6)29)16-23(25)33-26(31)32-17(2)3/h13-14,17H,9-12,15-16H2,1-6H3. The molecule has 1 aliphatic carbocycles. The number of amides is 1. The fourth-order valence-corrected chi connectivity index (χ4v) is 4.98. The fourth-order valence-electron chi connectivity index (χ4n) is 4.98. The van der Waals surface area contributed by atoms with Gasteiger partial charge in [-0.1, -0.05) is 5.92 Å². The third-order valence-corrected chi connectivity index (χ3v) is 6.49. The lowest BCUT2D eigenvalue weighted by Crippen LogP contribution is -2.45. The van der Waals surface area contributed by atoms with Crippen LogP contribution in [0.5, 0.6) is 0 Å². The molecule has 3 rings (SSSR count). The highest BCUT2D eigenvalue weighted by atomic mass is 16.7. The molecule has 1 aliphatic heterocycles. The zero-order chi connectivity index (χ0) is 24.3. The van der Waals surface area contributed by atoms with E-state index in [1.54, 1.807) is 27.7 Å². The van der Waals surface area contributed by atoms with Crippen molar-refractivity contribution in [3.63, 3.8) is 0 Å². The summed E-state index contributed by atoms with van der Waals surface area (Å²) < 4.78 is 10.9. The van der Waals surface area contributed by atoms with Crippen LogP contribution in [0.25, 0.3) is 5.57 Å². The number of nitrogens with zero attached hydrogens (tertiary/aromatic N) is 1. The minimum atomic E-state index is -0.799. The Kier molecular flexibility index (Phi) is 7.31. The Morgan fingerprint density at radius 1 is 1.09 bits per heavy atom. The van der Waals surface area contributed by atoms with Crippen molar-refractivity contribution < 1.29 is 23.9 Å².